The van der Waals surface area contributed by atoms with Crippen LogP contribution in [0, 0.1) is 0 Å². The van der Waals surface area contributed by atoms with Gasteiger partial charge in [0.1, 0.15) is 5.82 Å². The fourth-order valence-electron chi connectivity index (χ4n) is 3.86. The molecule has 3 aromatic rings. The quantitative estimate of drug-likeness (QED) is 0.271. The number of aliphatic imine (C=N–C) groups is 1. The van der Waals surface area contributed by atoms with Crippen molar-refractivity contribution in [3.05, 3.63) is 52.5 Å². The molecule has 1 saturated heterocycles. The lowest BCUT2D eigenvalue weighted by Gasteiger charge is -2.33. The van der Waals surface area contributed by atoms with Crippen LogP contribution >= 0.6 is 11.3 Å². The first-order chi connectivity index (χ1) is 15.3. The number of ether oxygens (including phenoxy) is 1. The number of guanidine groups is 1. The summed E-state index contributed by atoms with van der Waals surface area (Å²) >= 11 is 1.81. The Hall–Kier alpha value is -2.42. The minimum absolute atomic E-state index is 0.301. The average Bonchev–Trinajstić information content (AvgIpc) is 3.47. The van der Waals surface area contributed by atoms with Crippen molar-refractivity contribution in [1.29, 1.82) is 0 Å². The normalized spacial score (nSPS) is 16.5. The molecule has 0 radical (unpaired) electrons. The molecule has 0 aliphatic carbocycles. The van der Waals surface area contributed by atoms with Crippen molar-refractivity contribution in [3.8, 4) is 0 Å². The van der Waals surface area contributed by atoms with E-state index < -0.39 is 0 Å². The smallest absolute Gasteiger partial charge is 0.191 e. The van der Waals surface area contributed by atoms with E-state index >= 15 is 0 Å². The third kappa shape index (κ3) is 6.06. The first-order valence-electron chi connectivity index (χ1n) is 11.1. The van der Waals surface area contributed by atoms with Gasteiger partial charge in [0.25, 0.3) is 0 Å². The minimum atomic E-state index is 0.301. The molecule has 0 bridgehead atoms. The Balaban J connectivity index is 1.32. The van der Waals surface area contributed by atoms with E-state index in [9.17, 15) is 0 Å². The highest BCUT2D eigenvalue weighted by Gasteiger charge is 2.23. The van der Waals surface area contributed by atoms with Gasteiger partial charge in [-0.05, 0) is 36.9 Å². The summed E-state index contributed by atoms with van der Waals surface area (Å²) in [6.45, 7) is 8.04. The number of hydrogen-bond acceptors (Lipinski definition) is 5. The zero-order valence-electron chi connectivity index (χ0n) is 18.1. The lowest BCUT2D eigenvalue weighted by atomic mass is 10.2. The second-order valence-electron chi connectivity index (χ2n) is 7.63. The van der Waals surface area contributed by atoms with Crippen molar-refractivity contribution >= 4 is 28.3 Å². The molecule has 1 aromatic carbocycles. The molecule has 3 N–H and O–H groups in total. The summed E-state index contributed by atoms with van der Waals surface area (Å²) in [7, 11) is 0. The number of nitrogens with zero attached hydrogens (tertiary/aromatic N) is 3. The van der Waals surface area contributed by atoms with Gasteiger partial charge in [-0.1, -0.05) is 18.2 Å². The molecule has 1 aliphatic rings. The number of hydrogen-bond donors (Lipinski definition) is 3. The Kier molecular flexibility index (Phi) is 7.93. The first kappa shape index (κ1) is 21.8. The molecule has 1 aliphatic heterocycles. The predicted molar refractivity (Wildman–Crippen MR) is 128 cm³/mol. The molecule has 1 atom stereocenters. The molecular formula is C23H32N6OS. The lowest BCUT2D eigenvalue weighted by Crippen LogP contribution is -2.41. The molecule has 7 nitrogen and oxygen atoms in total. The van der Waals surface area contributed by atoms with E-state index in [0.29, 0.717) is 6.04 Å². The zero-order valence-corrected chi connectivity index (χ0v) is 19.0. The van der Waals surface area contributed by atoms with Crippen LogP contribution in [-0.4, -0.2) is 66.8 Å². The van der Waals surface area contributed by atoms with Crippen molar-refractivity contribution < 1.29 is 4.74 Å². The number of nitrogens with one attached hydrogen (secondary N) is 3. The Morgan fingerprint density at radius 3 is 2.87 bits per heavy atom. The number of para-hydroxylation sites is 2. The maximum atomic E-state index is 5.55. The number of rotatable bonds is 9. The van der Waals surface area contributed by atoms with Gasteiger partial charge >= 0.3 is 0 Å². The first-order valence-corrected chi connectivity index (χ1v) is 12.0. The van der Waals surface area contributed by atoms with Gasteiger partial charge in [-0.25, -0.2) is 4.98 Å². The monoisotopic (exact) mass is 440 g/mol. The van der Waals surface area contributed by atoms with Crippen molar-refractivity contribution in [2.45, 2.75) is 25.8 Å². The van der Waals surface area contributed by atoms with Crippen LogP contribution in [0.25, 0.3) is 11.0 Å². The Morgan fingerprint density at radius 1 is 1.23 bits per heavy atom. The van der Waals surface area contributed by atoms with Crippen LogP contribution in [0.4, 0.5) is 0 Å². The standard InChI is InChI=1S/C23H32N6OS/c1-2-24-23(25-11-5-10-22-27-18-7-3-4-8-19(18)28-22)26-17-20(21-9-6-16-31-21)29-12-14-30-15-13-29/h3-4,6-9,16,20H,2,5,10-15,17H2,1H3,(H,27,28)(H2,24,25,26). The average molecular weight is 441 g/mol. The summed E-state index contributed by atoms with van der Waals surface area (Å²) < 4.78 is 5.55. The number of aromatic amines is 1. The van der Waals surface area contributed by atoms with E-state index in [-0.39, 0.29) is 0 Å². The molecule has 0 amide bonds. The molecule has 0 saturated carbocycles. The fourth-order valence-corrected chi connectivity index (χ4v) is 4.71. The van der Waals surface area contributed by atoms with Crippen LogP contribution in [0.3, 0.4) is 0 Å². The molecular weight excluding hydrogens is 408 g/mol. The van der Waals surface area contributed by atoms with E-state index in [2.05, 4.69) is 56.0 Å². The Labute approximate surface area is 187 Å². The fraction of sp³-hybridized carbons (Fsp3) is 0.478. The van der Waals surface area contributed by atoms with Gasteiger partial charge in [0.2, 0.25) is 0 Å². The molecule has 0 spiro atoms. The van der Waals surface area contributed by atoms with Crippen LogP contribution in [0.1, 0.15) is 30.1 Å². The summed E-state index contributed by atoms with van der Waals surface area (Å²) in [5, 5.41) is 9.01. The largest absolute Gasteiger partial charge is 0.379 e. The van der Waals surface area contributed by atoms with Crippen molar-refractivity contribution in [1.82, 2.24) is 25.5 Å². The van der Waals surface area contributed by atoms with Gasteiger partial charge in [-0.15, -0.1) is 11.3 Å². The molecule has 166 valence electrons. The van der Waals surface area contributed by atoms with E-state index in [1.54, 1.807) is 0 Å². The number of H-pyrrole nitrogens is 1. The molecule has 4 rings (SSSR count). The topological polar surface area (TPSA) is 77.6 Å². The van der Waals surface area contributed by atoms with Crippen LogP contribution < -0.4 is 10.6 Å². The highest BCUT2D eigenvalue weighted by Crippen LogP contribution is 2.26. The van der Waals surface area contributed by atoms with E-state index in [1.807, 2.05) is 29.5 Å². The van der Waals surface area contributed by atoms with E-state index in [4.69, 9.17) is 9.73 Å². The zero-order chi connectivity index (χ0) is 21.3. The van der Waals surface area contributed by atoms with Gasteiger partial charge in [0, 0.05) is 37.5 Å². The van der Waals surface area contributed by atoms with E-state index in [0.717, 1.165) is 81.6 Å². The van der Waals surface area contributed by atoms with Crippen LogP contribution in [0.15, 0.2) is 46.8 Å². The minimum Gasteiger partial charge on any atom is -0.379 e. The second-order valence-corrected chi connectivity index (χ2v) is 8.61. The molecule has 1 fully saturated rings. The van der Waals surface area contributed by atoms with Crippen LogP contribution in [0.5, 0.6) is 0 Å². The summed E-state index contributed by atoms with van der Waals surface area (Å²) in [5.41, 5.74) is 2.13. The summed E-state index contributed by atoms with van der Waals surface area (Å²) in [5.74, 6) is 1.91. The molecule has 31 heavy (non-hydrogen) atoms. The summed E-state index contributed by atoms with van der Waals surface area (Å²) in [6, 6.07) is 12.8. The lowest BCUT2D eigenvalue weighted by molar-refractivity contribution is 0.0186. The van der Waals surface area contributed by atoms with Gasteiger partial charge in [0.05, 0.1) is 36.8 Å². The van der Waals surface area contributed by atoms with Gasteiger partial charge < -0.3 is 20.4 Å². The highest BCUT2D eigenvalue weighted by atomic mass is 32.1. The number of aryl methyl sites for hydroxylation is 1. The maximum absolute atomic E-state index is 5.55. The third-order valence-electron chi connectivity index (χ3n) is 5.45. The molecule has 2 aromatic heterocycles. The van der Waals surface area contributed by atoms with Crippen molar-refractivity contribution in [2.24, 2.45) is 4.99 Å². The molecule has 1 unspecified atom stereocenters. The number of aromatic nitrogens is 2. The highest BCUT2D eigenvalue weighted by molar-refractivity contribution is 7.10. The number of benzene rings is 1. The molecule has 8 heteroatoms. The van der Waals surface area contributed by atoms with Gasteiger partial charge in [0.15, 0.2) is 5.96 Å². The summed E-state index contributed by atoms with van der Waals surface area (Å²) in [6.07, 6.45) is 1.90. The SMILES string of the molecule is CCNC(=NCC(c1cccs1)N1CCOCC1)NCCCc1nc2ccccc2[nH]1. The van der Waals surface area contributed by atoms with Gasteiger partial charge in [-0.2, -0.15) is 0 Å². The predicted octanol–water partition coefficient (Wildman–Crippen LogP) is 3.19. The second kappa shape index (κ2) is 11.3. The number of fused-ring (bicyclic) bond motifs is 1. The number of imidazole rings is 1. The Morgan fingerprint density at radius 2 is 2.10 bits per heavy atom. The van der Waals surface area contributed by atoms with Crippen molar-refractivity contribution in [2.75, 3.05) is 45.9 Å². The number of morpholine rings is 1. The third-order valence-corrected chi connectivity index (χ3v) is 6.42. The van der Waals surface area contributed by atoms with E-state index in [1.165, 1.54) is 4.88 Å². The van der Waals surface area contributed by atoms with Crippen LogP contribution in [0.2, 0.25) is 0 Å². The van der Waals surface area contributed by atoms with Gasteiger partial charge in [-0.3, -0.25) is 9.89 Å². The Bertz CT molecular complexity index is 915. The summed E-state index contributed by atoms with van der Waals surface area (Å²) in [4.78, 5) is 16.8. The van der Waals surface area contributed by atoms with Crippen molar-refractivity contribution in [3.63, 3.8) is 0 Å². The maximum Gasteiger partial charge on any atom is 0.191 e. The number of thiophene rings is 1. The van der Waals surface area contributed by atoms with Crippen LogP contribution in [-0.2, 0) is 11.2 Å². The molecule has 3 heterocycles.